The smallest absolute Gasteiger partial charge is 0.340 e. The van der Waals surface area contributed by atoms with Crippen LogP contribution in [0.15, 0.2) is 18.2 Å². The second kappa shape index (κ2) is 8.62. The van der Waals surface area contributed by atoms with E-state index in [1.807, 2.05) is 6.92 Å². The van der Waals surface area contributed by atoms with Gasteiger partial charge < -0.3 is 15.3 Å². The fourth-order valence-corrected chi connectivity index (χ4v) is 2.36. The van der Waals surface area contributed by atoms with Gasteiger partial charge in [0.1, 0.15) is 11.4 Å². The number of benzene rings is 1. The van der Waals surface area contributed by atoms with Crippen LogP contribution in [0.4, 0.5) is 10.1 Å². The number of halogens is 1. The lowest BCUT2D eigenvalue weighted by Gasteiger charge is -2.21. The molecule has 1 unspecified atom stereocenters. The lowest BCUT2D eigenvalue weighted by Crippen LogP contribution is -2.26. The average Bonchev–Trinajstić information content (AvgIpc) is 2.43. The predicted octanol–water partition coefficient (Wildman–Crippen LogP) is 3.45. The topological polar surface area (TPSA) is 52.6 Å². The SMILES string of the molecule is CCN(CC)CCCC(C)Nc1cccc(F)c1C(=O)O. The van der Waals surface area contributed by atoms with Crippen molar-refractivity contribution in [1.82, 2.24) is 4.90 Å². The van der Waals surface area contributed by atoms with Crippen LogP contribution < -0.4 is 5.32 Å². The van der Waals surface area contributed by atoms with Gasteiger partial charge in [0, 0.05) is 6.04 Å². The Labute approximate surface area is 126 Å². The van der Waals surface area contributed by atoms with Crippen molar-refractivity contribution in [2.24, 2.45) is 0 Å². The van der Waals surface area contributed by atoms with Gasteiger partial charge in [0.05, 0.1) is 5.69 Å². The van der Waals surface area contributed by atoms with Crippen LogP contribution in [-0.2, 0) is 0 Å². The van der Waals surface area contributed by atoms with Gasteiger partial charge in [0.15, 0.2) is 0 Å². The quantitative estimate of drug-likeness (QED) is 0.733. The fourth-order valence-electron chi connectivity index (χ4n) is 2.36. The van der Waals surface area contributed by atoms with Crippen molar-refractivity contribution < 1.29 is 14.3 Å². The Kier molecular flexibility index (Phi) is 7.15. The Hall–Kier alpha value is -1.62. The van der Waals surface area contributed by atoms with Crippen LogP contribution in [0.2, 0.25) is 0 Å². The van der Waals surface area contributed by atoms with Gasteiger partial charge in [0.25, 0.3) is 0 Å². The fraction of sp³-hybridized carbons (Fsp3) is 0.562. The molecule has 1 aromatic carbocycles. The minimum Gasteiger partial charge on any atom is -0.478 e. The summed E-state index contributed by atoms with van der Waals surface area (Å²) in [5, 5.41) is 12.2. The summed E-state index contributed by atoms with van der Waals surface area (Å²) < 4.78 is 13.6. The summed E-state index contributed by atoms with van der Waals surface area (Å²) >= 11 is 0. The first-order valence-electron chi connectivity index (χ1n) is 7.50. The molecule has 1 rings (SSSR count). The molecule has 0 aliphatic carbocycles. The molecule has 0 bridgehead atoms. The summed E-state index contributed by atoms with van der Waals surface area (Å²) in [6.45, 7) is 9.34. The van der Waals surface area contributed by atoms with Crippen LogP contribution in [0.1, 0.15) is 44.0 Å². The van der Waals surface area contributed by atoms with E-state index < -0.39 is 11.8 Å². The van der Waals surface area contributed by atoms with Crippen molar-refractivity contribution in [3.8, 4) is 0 Å². The Morgan fingerprint density at radius 1 is 1.38 bits per heavy atom. The maximum absolute atomic E-state index is 13.6. The third-order valence-electron chi connectivity index (χ3n) is 3.64. The lowest BCUT2D eigenvalue weighted by molar-refractivity contribution is 0.0693. The number of aromatic carboxylic acids is 1. The lowest BCUT2D eigenvalue weighted by atomic mass is 10.1. The van der Waals surface area contributed by atoms with E-state index in [1.165, 1.54) is 12.1 Å². The number of carboxylic acids is 1. The molecular weight excluding hydrogens is 271 g/mol. The Bertz CT molecular complexity index is 462. The van der Waals surface area contributed by atoms with Gasteiger partial charge >= 0.3 is 5.97 Å². The highest BCUT2D eigenvalue weighted by Gasteiger charge is 2.16. The van der Waals surface area contributed by atoms with Gasteiger partial charge in [-0.3, -0.25) is 0 Å². The second-order valence-electron chi connectivity index (χ2n) is 5.18. The van der Waals surface area contributed by atoms with Crippen molar-refractivity contribution >= 4 is 11.7 Å². The highest BCUT2D eigenvalue weighted by Crippen LogP contribution is 2.20. The molecule has 2 N–H and O–H groups in total. The van der Waals surface area contributed by atoms with Gasteiger partial charge in [-0.05, 0) is 51.5 Å². The van der Waals surface area contributed by atoms with Gasteiger partial charge in [-0.15, -0.1) is 0 Å². The van der Waals surface area contributed by atoms with Crippen LogP contribution in [0.25, 0.3) is 0 Å². The van der Waals surface area contributed by atoms with Gasteiger partial charge in [-0.25, -0.2) is 9.18 Å². The summed E-state index contributed by atoms with van der Waals surface area (Å²) in [5.41, 5.74) is 0.0610. The van der Waals surface area contributed by atoms with E-state index >= 15 is 0 Å². The van der Waals surface area contributed by atoms with Crippen molar-refractivity contribution in [3.05, 3.63) is 29.6 Å². The van der Waals surface area contributed by atoms with Gasteiger partial charge in [0.2, 0.25) is 0 Å². The van der Waals surface area contributed by atoms with E-state index in [-0.39, 0.29) is 11.6 Å². The molecule has 118 valence electrons. The second-order valence-corrected chi connectivity index (χ2v) is 5.18. The number of nitrogens with zero attached hydrogens (tertiary/aromatic N) is 1. The van der Waals surface area contributed by atoms with E-state index in [9.17, 15) is 9.18 Å². The largest absolute Gasteiger partial charge is 0.478 e. The maximum Gasteiger partial charge on any atom is 0.340 e. The summed E-state index contributed by atoms with van der Waals surface area (Å²) in [5.74, 6) is -1.95. The van der Waals surface area contributed by atoms with E-state index in [1.54, 1.807) is 6.07 Å². The Morgan fingerprint density at radius 2 is 2.05 bits per heavy atom. The summed E-state index contributed by atoms with van der Waals surface area (Å²) in [4.78, 5) is 13.5. The molecule has 4 nitrogen and oxygen atoms in total. The zero-order chi connectivity index (χ0) is 15.8. The van der Waals surface area contributed by atoms with Crippen molar-refractivity contribution in [1.29, 1.82) is 0 Å². The first-order chi connectivity index (χ1) is 9.99. The first-order valence-corrected chi connectivity index (χ1v) is 7.50. The normalized spacial score (nSPS) is 12.4. The molecule has 0 saturated heterocycles. The molecule has 0 radical (unpaired) electrons. The molecule has 0 heterocycles. The van der Waals surface area contributed by atoms with Gasteiger partial charge in [-0.1, -0.05) is 19.9 Å². The monoisotopic (exact) mass is 296 g/mol. The van der Waals surface area contributed by atoms with Crippen LogP contribution in [0, 0.1) is 5.82 Å². The van der Waals surface area contributed by atoms with Crippen LogP contribution in [-0.4, -0.2) is 41.7 Å². The predicted molar refractivity (Wildman–Crippen MR) is 83.5 cm³/mol. The molecule has 1 atom stereocenters. The molecule has 0 amide bonds. The van der Waals surface area contributed by atoms with Crippen molar-refractivity contribution in [2.45, 2.75) is 39.7 Å². The van der Waals surface area contributed by atoms with E-state index in [0.29, 0.717) is 5.69 Å². The number of nitrogens with one attached hydrogen (secondary N) is 1. The molecule has 5 heteroatoms. The van der Waals surface area contributed by atoms with E-state index in [0.717, 1.165) is 32.5 Å². The van der Waals surface area contributed by atoms with Crippen LogP contribution in [0.5, 0.6) is 0 Å². The van der Waals surface area contributed by atoms with Gasteiger partial charge in [-0.2, -0.15) is 0 Å². The minimum absolute atomic E-state index is 0.0977. The van der Waals surface area contributed by atoms with Crippen LogP contribution in [0.3, 0.4) is 0 Å². The zero-order valence-electron chi connectivity index (χ0n) is 13.0. The highest BCUT2D eigenvalue weighted by molar-refractivity contribution is 5.94. The van der Waals surface area contributed by atoms with E-state index in [4.69, 9.17) is 5.11 Å². The molecule has 0 saturated carbocycles. The molecular formula is C16H25FN2O2. The number of hydrogen-bond donors (Lipinski definition) is 2. The average molecular weight is 296 g/mol. The third-order valence-corrected chi connectivity index (χ3v) is 3.64. The summed E-state index contributed by atoms with van der Waals surface area (Å²) in [6, 6.07) is 4.39. The summed E-state index contributed by atoms with van der Waals surface area (Å²) in [7, 11) is 0. The highest BCUT2D eigenvalue weighted by atomic mass is 19.1. The summed E-state index contributed by atoms with van der Waals surface area (Å²) in [6.07, 6.45) is 1.93. The third kappa shape index (κ3) is 5.34. The van der Waals surface area contributed by atoms with Crippen molar-refractivity contribution in [2.75, 3.05) is 25.0 Å². The molecule has 0 fully saturated rings. The number of anilines is 1. The number of carbonyl (C=O) groups is 1. The zero-order valence-corrected chi connectivity index (χ0v) is 13.0. The number of hydrogen-bond acceptors (Lipinski definition) is 3. The first kappa shape index (κ1) is 17.4. The molecule has 1 aromatic rings. The molecule has 0 aliphatic heterocycles. The van der Waals surface area contributed by atoms with Crippen molar-refractivity contribution in [3.63, 3.8) is 0 Å². The van der Waals surface area contributed by atoms with E-state index in [2.05, 4.69) is 24.1 Å². The number of rotatable bonds is 9. The molecule has 0 spiro atoms. The standard InChI is InChI=1S/C16H25FN2O2/c1-4-19(5-2)11-7-8-12(3)18-14-10-6-9-13(17)15(14)16(20)21/h6,9-10,12,18H,4-5,7-8,11H2,1-3H3,(H,20,21). The molecule has 0 aromatic heterocycles. The number of carboxylic acid groups (broad SMARTS) is 1. The Morgan fingerprint density at radius 3 is 2.62 bits per heavy atom. The maximum atomic E-state index is 13.6. The molecule has 21 heavy (non-hydrogen) atoms. The Balaban J connectivity index is 2.57. The molecule has 0 aliphatic rings. The minimum atomic E-state index is -1.24. The van der Waals surface area contributed by atoms with Crippen LogP contribution >= 0.6 is 0 Å².